The van der Waals surface area contributed by atoms with Gasteiger partial charge in [-0.1, -0.05) is 217 Å². The fraction of sp³-hybridized carbons (Fsp3) is 0.914. The van der Waals surface area contributed by atoms with Crippen LogP contribution in [0.15, 0.2) is 23.3 Å². The summed E-state index contributed by atoms with van der Waals surface area (Å²) < 4.78 is 96.8. The molecule has 16 rings (SSSR count). The molecular weight excluding hydrogens is 1780 g/mol. The number of allylic oxidation sites excluding steroid dienone is 4. The third-order valence-corrected chi connectivity index (χ3v) is 45.7. The number of fused-ring (bicyclic) bond motifs is 14. The summed E-state index contributed by atoms with van der Waals surface area (Å²) in [6.07, 6.45) is 14.0. The third-order valence-electron chi connectivity index (χ3n) is 45.3. The Morgan fingerprint density at radius 1 is 0.417 bits per heavy atom. The molecule has 16 aliphatic rings. The largest absolute Gasteiger partial charge is 0.395 e. The van der Waals surface area contributed by atoms with Crippen molar-refractivity contribution in [2.45, 2.75) is 447 Å². The summed E-state index contributed by atoms with van der Waals surface area (Å²) in [5.41, 5.74) is -1.34. The molecule has 6 saturated heterocycles. The third kappa shape index (κ3) is 18.1. The van der Waals surface area contributed by atoms with E-state index in [9.17, 15) is 33.9 Å². The Hall–Kier alpha value is -3.01. The SMILES string of the molecule is CCC1O[C@@H](OC2[C@H](O[C@H]3CCC4(C)C5CC=C6C7CC(C)(C)CC[C@]7(C(=O)Cl)[C@@H](OC)C[C@@]6(C)C5(C)CC[C@H]4[C@@]3(C)C=O)OC(C(C)=O)[C@@H](C)[C@@H]2O[C@@H]2OC[C@@H](C)[C@H](C)C2C)C(C)[C@@H](C)[C@H]1C.CCC1O[C@@H](OC2[C@H](O[C@H]3CCC4(C)C5CC=C6C7CC(C)(C)CC[C@]7(C(=O)NCCO)[C@@H](OC)C[C@@]6(C)C5(C)CC[C@H]4[C@@]3(C)C=O)OC(C(C)=O)[C@@H](C)[C@@H]2O[C@@H]2OC[C@@H](C)[C@H](C)C2C)C(C)[C@@H](C)[C@H]1C. The Morgan fingerprint density at radius 3 is 1.14 bits per heavy atom. The molecule has 6 aliphatic heterocycles. The minimum Gasteiger partial charge on any atom is -0.395 e. The van der Waals surface area contributed by atoms with E-state index in [0.29, 0.717) is 73.4 Å². The minimum atomic E-state index is -1.02. The Balaban J connectivity index is 0.000000211. The van der Waals surface area contributed by atoms with E-state index in [1.807, 2.05) is 13.8 Å². The lowest BCUT2D eigenvalue weighted by Crippen LogP contribution is -2.69. The van der Waals surface area contributed by atoms with Crippen LogP contribution < -0.4 is 5.32 Å². The molecule has 8 saturated carbocycles. The number of amides is 1. The lowest BCUT2D eigenvalue weighted by atomic mass is 9.33. The number of methoxy groups -OCH3 is 2. The second kappa shape index (κ2) is 40.7. The molecule has 0 radical (unpaired) electrons. The maximum Gasteiger partial charge on any atom is 0.231 e. The van der Waals surface area contributed by atoms with Crippen molar-refractivity contribution in [3.63, 3.8) is 0 Å². The number of hydrogen-bond donors (Lipinski definition) is 2. The first-order chi connectivity index (χ1) is 65.1. The zero-order chi connectivity index (χ0) is 102. The highest BCUT2D eigenvalue weighted by atomic mass is 35.5. The standard InChI is InChI=1S/C59H97NO11.C57H91ClO10/c1-17-42-35(5)34(4)37(7)51(67-42)71-49-48(70-50-36(6)33(3)32(2)30-66-50)38(8)47(39(9)63)69-52(49)68-45-21-22-55(12)43(56(45,13)31-62)20-23-57(14)44(55)19-18-40-41-28-54(10,11)24-25-59(41,53(64)60-26-27-61)46(65-16)29-58(40,57)15;1-17-40-33(5)32(4)35(7)49(64-40)68-47-46(67-48-34(6)31(3)30(2)28-63-48)36(8)45(37(9)60)66-50(47)65-43-21-22-53(12)41(54(43,13)29-59)20-23-55(14)42(53)19-18-38-39-26-52(10,11)24-25-57(39,51(58)61)44(62-16)27-56(38,55)15/h18,31-38,41-52,61H,17,19-30H2,1-16H3,(H,60,64);18,29-36,39-50H,17,19-28H2,1-16H3/t32-,33+,34+,35-,36?,37?,38-,41?,42?,43-,44?,45+,46+,47?,48+,49?,50+,51+,52-,55?,56-,57?,58-,59-;30-,31+,32+,33-,34?,35?,36-,39?,40?,41-,42?,43+,44+,45?,46+,47?,48+,49+,50-,53?,54-,55?,56-,57-/m11/s1. The number of nitrogens with one attached hydrogen (secondary N) is 1. The summed E-state index contributed by atoms with van der Waals surface area (Å²) in [5, 5.41) is 12.7. The Labute approximate surface area is 841 Å². The number of rotatable bonds is 24. The summed E-state index contributed by atoms with van der Waals surface area (Å²) in [6.45, 7) is 68.1. The van der Waals surface area contributed by atoms with Gasteiger partial charge in [0.2, 0.25) is 11.1 Å². The maximum atomic E-state index is 14.5. The van der Waals surface area contributed by atoms with Gasteiger partial charge in [0.05, 0.1) is 90.3 Å². The van der Waals surface area contributed by atoms with E-state index in [1.54, 1.807) is 28.1 Å². The highest BCUT2D eigenvalue weighted by Gasteiger charge is 2.76. The first-order valence-corrected chi connectivity index (χ1v) is 55.8. The summed E-state index contributed by atoms with van der Waals surface area (Å²) in [4.78, 5) is 83.9. The molecule has 0 aromatic carbocycles. The molecule has 0 spiro atoms. The fourth-order valence-electron chi connectivity index (χ4n) is 34.4. The van der Waals surface area contributed by atoms with E-state index < -0.39 is 108 Å². The van der Waals surface area contributed by atoms with E-state index in [1.165, 1.54) is 23.7 Å². The molecule has 2 N–H and O–H groups in total. The topological polar surface area (TPSA) is 264 Å². The van der Waals surface area contributed by atoms with Crippen LogP contribution in [0.5, 0.6) is 0 Å². The Kier molecular flexibility index (Phi) is 32.3. The summed E-state index contributed by atoms with van der Waals surface area (Å²) in [6, 6.07) is 0. The molecule has 1 amide bonds. The van der Waals surface area contributed by atoms with Crippen molar-refractivity contribution in [3.8, 4) is 0 Å². The fourth-order valence-corrected chi connectivity index (χ4v) is 34.7. The van der Waals surface area contributed by atoms with Crippen LogP contribution in [0.3, 0.4) is 0 Å². The van der Waals surface area contributed by atoms with Crippen molar-refractivity contribution < 1.29 is 100 Å². The first kappa shape index (κ1) is 110. The van der Waals surface area contributed by atoms with Crippen LogP contribution in [0.25, 0.3) is 0 Å². The first-order valence-electron chi connectivity index (χ1n) is 55.4. The number of aldehydes is 2. The molecule has 14 fully saturated rings. The smallest absolute Gasteiger partial charge is 0.231 e. The number of ether oxygens (including phenoxy) is 14. The van der Waals surface area contributed by atoms with Gasteiger partial charge in [0.15, 0.2) is 49.3 Å². The van der Waals surface area contributed by atoms with Crippen molar-refractivity contribution in [3.05, 3.63) is 23.3 Å². The molecule has 23 heteroatoms. The molecule has 790 valence electrons. The van der Waals surface area contributed by atoms with Crippen LogP contribution in [-0.4, -0.2) is 192 Å². The molecule has 10 aliphatic carbocycles. The van der Waals surface area contributed by atoms with Crippen molar-refractivity contribution >= 4 is 46.9 Å². The number of halogens is 1. The Bertz CT molecular complexity index is 4440. The second-order valence-corrected chi connectivity index (χ2v) is 53.3. The van der Waals surface area contributed by atoms with E-state index in [0.717, 1.165) is 116 Å². The van der Waals surface area contributed by atoms with E-state index in [2.05, 4.69) is 197 Å². The second-order valence-electron chi connectivity index (χ2n) is 53.0. The van der Waals surface area contributed by atoms with Crippen molar-refractivity contribution in [1.82, 2.24) is 5.32 Å². The quantitative estimate of drug-likeness (QED) is 0.0394. The van der Waals surface area contributed by atoms with Gasteiger partial charge in [-0.2, -0.15) is 0 Å². The number of carbonyl (C=O) groups excluding carboxylic acids is 6. The predicted molar refractivity (Wildman–Crippen MR) is 536 cm³/mol. The van der Waals surface area contributed by atoms with Crippen LogP contribution in [0.2, 0.25) is 0 Å². The summed E-state index contributed by atoms with van der Waals surface area (Å²) in [5.74, 6) is 2.86. The molecule has 22 nitrogen and oxygen atoms in total. The predicted octanol–water partition coefficient (Wildman–Crippen LogP) is 21.9. The highest BCUT2D eigenvalue weighted by Crippen LogP contribution is 2.79. The minimum absolute atomic E-state index is 0.00787. The average molecular weight is 1970 g/mol. The summed E-state index contributed by atoms with van der Waals surface area (Å²) in [7, 11) is 3.56. The lowest BCUT2D eigenvalue weighted by molar-refractivity contribution is -0.374. The zero-order valence-electron chi connectivity index (χ0n) is 91.7. The number of carbonyl (C=O) groups is 6. The van der Waals surface area contributed by atoms with Gasteiger partial charge in [-0.3, -0.25) is 19.2 Å². The van der Waals surface area contributed by atoms with Gasteiger partial charge in [0.1, 0.15) is 37.0 Å². The molecule has 0 bridgehead atoms. The molecule has 139 heavy (non-hydrogen) atoms. The van der Waals surface area contributed by atoms with E-state index in [-0.39, 0.29) is 175 Å². The molecule has 48 atom stereocenters. The van der Waals surface area contributed by atoms with Crippen molar-refractivity contribution in [2.24, 2.45) is 183 Å². The molecule has 0 aromatic rings. The molecule has 0 aromatic heterocycles. The van der Waals surface area contributed by atoms with Crippen LogP contribution >= 0.6 is 11.6 Å². The number of aliphatic hydroxyl groups is 1. The van der Waals surface area contributed by atoms with Crippen LogP contribution in [0, 0.1) is 183 Å². The van der Waals surface area contributed by atoms with Crippen molar-refractivity contribution in [2.75, 3.05) is 40.6 Å². The van der Waals surface area contributed by atoms with E-state index >= 15 is 0 Å². The monoisotopic (exact) mass is 1970 g/mol. The maximum absolute atomic E-state index is 14.5. The van der Waals surface area contributed by atoms with Gasteiger partial charge in [-0.25, -0.2) is 0 Å². The normalized spacial score (nSPS) is 52.5. The average Bonchev–Trinajstić information content (AvgIpc) is 0.671. The number of hydrogen-bond acceptors (Lipinski definition) is 21. The number of ketones is 2. The number of Topliss-reactive ketones (excluding diaryl/α,β-unsaturated/α-hetero) is 2. The number of aliphatic hydroxyl groups excluding tert-OH is 1. The van der Waals surface area contributed by atoms with Gasteiger partial charge in [0.25, 0.3) is 0 Å². The van der Waals surface area contributed by atoms with Gasteiger partial charge < -0.3 is 86.3 Å². The Morgan fingerprint density at radius 2 is 0.784 bits per heavy atom. The van der Waals surface area contributed by atoms with Gasteiger partial charge in [0, 0.05) is 56.3 Å². The van der Waals surface area contributed by atoms with Crippen LogP contribution in [0.4, 0.5) is 0 Å². The van der Waals surface area contributed by atoms with Gasteiger partial charge in [-0.15, -0.1) is 0 Å². The van der Waals surface area contributed by atoms with Crippen LogP contribution in [0.1, 0.15) is 336 Å². The molecule has 18 unspecified atom stereocenters. The zero-order valence-corrected chi connectivity index (χ0v) is 92.5. The van der Waals surface area contributed by atoms with Gasteiger partial charge in [-0.05, 0) is 280 Å². The van der Waals surface area contributed by atoms with Crippen LogP contribution in [-0.2, 0) is 95.1 Å². The lowest BCUT2D eigenvalue weighted by Gasteiger charge is -2.72. The van der Waals surface area contributed by atoms with E-state index in [4.69, 9.17) is 77.9 Å². The molecular formula is C116H188ClNO21. The van der Waals surface area contributed by atoms with Gasteiger partial charge >= 0.3 is 0 Å². The highest BCUT2D eigenvalue weighted by molar-refractivity contribution is 6.65. The van der Waals surface area contributed by atoms with Crippen molar-refractivity contribution in [1.29, 1.82) is 0 Å². The summed E-state index contributed by atoms with van der Waals surface area (Å²) >= 11 is 6.72. The molecule has 6 heterocycles.